The number of Topliss-reactive ketones (excluding diaryl/α,β-unsaturated/α-hetero) is 1. The highest BCUT2D eigenvalue weighted by atomic mass is 16.2. The second-order valence-electron chi connectivity index (χ2n) is 6.36. The fourth-order valence-corrected chi connectivity index (χ4v) is 3.61. The monoisotopic (exact) mass is 324 g/mol. The van der Waals surface area contributed by atoms with E-state index in [2.05, 4.69) is 20.6 Å². The maximum absolute atomic E-state index is 12.9. The molecule has 2 amide bonds. The molecule has 1 saturated carbocycles. The molecule has 3 N–H and O–H groups in total. The van der Waals surface area contributed by atoms with E-state index in [1.54, 1.807) is 43.6 Å². The highest BCUT2D eigenvalue weighted by molar-refractivity contribution is 6.19. The van der Waals surface area contributed by atoms with Gasteiger partial charge in [0.15, 0.2) is 5.78 Å². The first kappa shape index (κ1) is 14.6. The Morgan fingerprint density at radius 1 is 1.33 bits per heavy atom. The largest absolute Gasteiger partial charge is 0.349 e. The summed E-state index contributed by atoms with van der Waals surface area (Å²) in [5, 5.41) is 5.51. The average Bonchev–Trinajstić information content (AvgIpc) is 2.95. The number of fused-ring (bicyclic) bond motifs is 2. The van der Waals surface area contributed by atoms with Crippen LogP contribution in [-0.2, 0) is 16.1 Å². The quantitative estimate of drug-likeness (QED) is 0.787. The van der Waals surface area contributed by atoms with E-state index in [4.69, 9.17) is 0 Å². The van der Waals surface area contributed by atoms with Crippen molar-refractivity contribution in [1.29, 1.82) is 0 Å². The van der Waals surface area contributed by atoms with Gasteiger partial charge in [0, 0.05) is 18.0 Å². The molecule has 3 atom stereocenters. The Balaban J connectivity index is 1.59. The lowest BCUT2D eigenvalue weighted by Gasteiger charge is -2.12. The van der Waals surface area contributed by atoms with Crippen molar-refractivity contribution >= 4 is 23.3 Å². The summed E-state index contributed by atoms with van der Waals surface area (Å²) in [6.07, 6.45) is 3.26. The normalized spacial score (nSPS) is 27.5. The number of aromatic amines is 1. The lowest BCUT2D eigenvalue weighted by atomic mass is 9.92. The van der Waals surface area contributed by atoms with Crippen molar-refractivity contribution in [3.05, 3.63) is 48.0 Å². The first-order chi connectivity index (χ1) is 11.5. The number of nitrogens with one attached hydrogen (secondary N) is 3. The molecule has 1 fully saturated rings. The number of hydrogen-bond acceptors (Lipinski definition) is 4. The molecule has 0 spiro atoms. The summed E-state index contributed by atoms with van der Waals surface area (Å²) < 4.78 is 0. The third-order valence-electron chi connectivity index (χ3n) is 4.99. The summed E-state index contributed by atoms with van der Waals surface area (Å²) in [5.74, 6) is -1.44. The molecule has 0 saturated heterocycles. The van der Waals surface area contributed by atoms with Gasteiger partial charge in [-0.05, 0) is 12.1 Å². The fourth-order valence-electron chi connectivity index (χ4n) is 3.61. The molecule has 24 heavy (non-hydrogen) atoms. The van der Waals surface area contributed by atoms with E-state index in [0.717, 1.165) is 0 Å². The van der Waals surface area contributed by atoms with Crippen LogP contribution in [-0.4, -0.2) is 27.6 Å². The number of aromatic nitrogens is 2. The zero-order chi connectivity index (χ0) is 16.9. The van der Waals surface area contributed by atoms with Crippen LogP contribution in [0.4, 0.5) is 5.69 Å². The first-order valence-electron chi connectivity index (χ1n) is 7.74. The first-order valence-corrected chi connectivity index (χ1v) is 7.74. The van der Waals surface area contributed by atoms with E-state index in [0.29, 0.717) is 17.1 Å². The smallest absolute Gasteiger partial charge is 0.229 e. The van der Waals surface area contributed by atoms with Crippen molar-refractivity contribution in [2.24, 2.45) is 17.3 Å². The molecule has 0 bridgehead atoms. The van der Waals surface area contributed by atoms with Gasteiger partial charge in [-0.25, -0.2) is 4.98 Å². The Hall–Kier alpha value is -2.96. The van der Waals surface area contributed by atoms with E-state index < -0.39 is 17.3 Å². The molecule has 1 aliphatic carbocycles. The SMILES string of the molecule is C[C@]12C(=O)c3ccccc3NC(=O)[C@@H]1[C@H]2C(=O)NCc1ncc[nH]1. The van der Waals surface area contributed by atoms with Crippen molar-refractivity contribution in [2.45, 2.75) is 13.5 Å². The molecule has 122 valence electrons. The predicted octanol–water partition coefficient (Wildman–Crippen LogP) is 1.11. The number of rotatable bonds is 3. The molecule has 4 rings (SSSR count). The number of benzene rings is 1. The van der Waals surface area contributed by atoms with E-state index in [1.807, 2.05) is 0 Å². The molecular weight excluding hydrogens is 308 g/mol. The fraction of sp³-hybridized carbons (Fsp3) is 0.294. The Morgan fingerprint density at radius 2 is 2.12 bits per heavy atom. The van der Waals surface area contributed by atoms with Crippen molar-refractivity contribution in [3.8, 4) is 0 Å². The summed E-state index contributed by atoms with van der Waals surface area (Å²) in [6.45, 7) is 1.93. The topological polar surface area (TPSA) is 104 Å². The van der Waals surface area contributed by atoms with E-state index >= 15 is 0 Å². The lowest BCUT2D eigenvalue weighted by Crippen LogP contribution is -2.30. The Labute approximate surface area is 137 Å². The summed E-state index contributed by atoms with van der Waals surface area (Å²) in [6, 6.07) is 6.90. The second kappa shape index (κ2) is 5.02. The summed E-state index contributed by atoms with van der Waals surface area (Å²) in [7, 11) is 0. The predicted molar refractivity (Wildman–Crippen MR) is 84.9 cm³/mol. The Bertz CT molecular complexity index is 845. The van der Waals surface area contributed by atoms with E-state index in [9.17, 15) is 14.4 Å². The van der Waals surface area contributed by atoms with Crippen LogP contribution in [0.25, 0.3) is 0 Å². The van der Waals surface area contributed by atoms with Gasteiger partial charge in [-0.3, -0.25) is 14.4 Å². The summed E-state index contributed by atoms with van der Waals surface area (Å²) in [5.41, 5.74) is -0.0305. The van der Waals surface area contributed by atoms with Crippen LogP contribution in [0.1, 0.15) is 23.1 Å². The molecule has 7 heteroatoms. The van der Waals surface area contributed by atoms with Gasteiger partial charge >= 0.3 is 0 Å². The standard InChI is InChI=1S/C17H16N4O3/c1-17-12(15(23)20-8-11-18-6-7-19-11)13(17)16(24)21-10-5-3-2-4-9(10)14(17)22/h2-7,12-13H,8H2,1H3,(H,18,19)(H,20,23)(H,21,24)/t12-,13-,17+/m0/s1. The molecule has 1 aliphatic heterocycles. The maximum atomic E-state index is 12.9. The van der Waals surface area contributed by atoms with Gasteiger partial charge in [0.2, 0.25) is 11.8 Å². The third kappa shape index (κ3) is 1.97. The van der Waals surface area contributed by atoms with Crippen molar-refractivity contribution in [1.82, 2.24) is 15.3 Å². The number of H-pyrrole nitrogens is 1. The van der Waals surface area contributed by atoms with Gasteiger partial charge in [0.25, 0.3) is 0 Å². The molecule has 2 heterocycles. The second-order valence-corrected chi connectivity index (χ2v) is 6.36. The van der Waals surface area contributed by atoms with Crippen LogP contribution in [0.3, 0.4) is 0 Å². The Morgan fingerprint density at radius 3 is 2.88 bits per heavy atom. The van der Waals surface area contributed by atoms with Gasteiger partial charge in [-0.15, -0.1) is 0 Å². The molecule has 0 radical (unpaired) electrons. The number of anilines is 1. The molecule has 1 aromatic heterocycles. The van der Waals surface area contributed by atoms with Crippen LogP contribution >= 0.6 is 0 Å². The Kier molecular flexibility index (Phi) is 3.06. The van der Waals surface area contributed by atoms with Crippen LogP contribution < -0.4 is 10.6 Å². The van der Waals surface area contributed by atoms with Crippen LogP contribution in [0.5, 0.6) is 0 Å². The highest BCUT2D eigenvalue weighted by Crippen LogP contribution is 2.62. The van der Waals surface area contributed by atoms with Crippen molar-refractivity contribution in [2.75, 3.05) is 5.32 Å². The van der Waals surface area contributed by atoms with Crippen molar-refractivity contribution < 1.29 is 14.4 Å². The molecule has 7 nitrogen and oxygen atoms in total. The van der Waals surface area contributed by atoms with Gasteiger partial charge in [0.1, 0.15) is 5.82 Å². The number of amides is 2. The molecule has 1 aromatic carbocycles. The van der Waals surface area contributed by atoms with Crippen molar-refractivity contribution in [3.63, 3.8) is 0 Å². The number of carbonyl (C=O) groups is 3. The van der Waals surface area contributed by atoms with Gasteiger partial charge in [-0.1, -0.05) is 19.1 Å². The zero-order valence-corrected chi connectivity index (χ0v) is 13.0. The summed E-state index contributed by atoms with van der Waals surface area (Å²) in [4.78, 5) is 44.8. The third-order valence-corrected chi connectivity index (χ3v) is 4.99. The van der Waals surface area contributed by atoms with Gasteiger partial charge < -0.3 is 15.6 Å². The number of hydrogen-bond donors (Lipinski definition) is 3. The number of carbonyl (C=O) groups excluding carboxylic acids is 3. The number of nitrogens with zero attached hydrogens (tertiary/aromatic N) is 1. The minimum Gasteiger partial charge on any atom is -0.349 e. The van der Waals surface area contributed by atoms with Gasteiger partial charge in [-0.2, -0.15) is 0 Å². The molecular formula is C17H16N4O3. The number of imidazole rings is 1. The number of para-hydroxylation sites is 1. The van der Waals surface area contributed by atoms with E-state index in [1.165, 1.54) is 0 Å². The molecule has 2 aromatic rings. The maximum Gasteiger partial charge on any atom is 0.229 e. The van der Waals surface area contributed by atoms with Crippen LogP contribution in [0, 0.1) is 17.3 Å². The zero-order valence-electron chi connectivity index (χ0n) is 13.0. The highest BCUT2D eigenvalue weighted by Gasteiger charge is 2.73. The van der Waals surface area contributed by atoms with E-state index in [-0.39, 0.29) is 24.1 Å². The van der Waals surface area contributed by atoms with Gasteiger partial charge in [0.05, 0.1) is 29.5 Å². The molecule has 0 unspecified atom stereocenters. The average molecular weight is 324 g/mol. The van der Waals surface area contributed by atoms with Crippen LogP contribution in [0.15, 0.2) is 36.7 Å². The van der Waals surface area contributed by atoms with Crippen LogP contribution in [0.2, 0.25) is 0 Å². The molecule has 2 aliphatic rings. The minimum absolute atomic E-state index is 0.167. The summed E-state index contributed by atoms with van der Waals surface area (Å²) >= 11 is 0. The number of ketones is 1. The minimum atomic E-state index is -0.996. The lowest BCUT2D eigenvalue weighted by molar-refractivity contribution is -0.125.